The van der Waals surface area contributed by atoms with Crippen LogP contribution in [0.1, 0.15) is 5.56 Å². The molecule has 1 aromatic heterocycles. The Morgan fingerprint density at radius 3 is 2.68 bits per heavy atom. The number of phenols is 1. The van der Waals surface area contributed by atoms with E-state index in [1.54, 1.807) is 30.3 Å². The Labute approximate surface area is 130 Å². The predicted octanol–water partition coefficient (Wildman–Crippen LogP) is 4.59. The van der Waals surface area contributed by atoms with E-state index in [4.69, 9.17) is 16.1 Å². The Hall–Kier alpha value is -2.66. The lowest BCUT2D eigenvalue weighted by atomic mass is 10.2. The first-order valence-corrected chi connectivity index (χ1v) is 6.75. The first kappa shape index (κ1) is 14.3. The first-order chi connectivity index (χ1) is 10.6. The molecule has 3 rings (SSSR count). The van der Waals surface area contributed by atoms with Gasteiger partial charge < -0.3 is 9.63 Å². The lowest BCUT2D eigenvalue weighted by molar-refractivity contribution is 0.434. The maximum Gasteiger partial charge on any atom is 0.195 e. The van der Waals surface area contributed by atoms with Gasteiger partial charge in [-0.25, -0.2) is 9.38 Å². The van der Waals surface area contributed by atoms with Gasteiger partial charge in [0, 0.05) is 28.4 Å². The molecule has 1 heterocycles. The fourth-order valence-corrected chi connectivity index (χ4v) is 2.02. The Kier molecular flexibility index (Phi) is 3.89. The van der Waals surface area contributed by atoms with Crippen LogP contribution in [0, 0.1) is 5.82 Å². The molecule has 0 aliphatic heterocycles. The Bertz CT molecular complexity index is 828. The minimum absolute atomic E-state index is 0.0652. The van der Waals surface area contributed by atoms with Crippen LogP contribution in [0.5, 0.6) is 5.75 Å². The van der Waals surface area contributed by atoms with Crippen LogP contribution in [0.3, 0.4) is 0 Å². The number of halogens is 2. The molecule has 0 aliphatic rings. The zero-order chi connectivity index (χ0) is 15.5. The van der Waals surface area contributed by atoms with Gasteiger partial charge in [0.2, 0.25) is 0 Å². The van der Waals surface area contributed by atoms with Gasteiger partial charge in [-0.15, -0.1) is 0 Å². The van der Waals surface area contributed by atoms with Gasteiger partial charge in [0.1, 0.15) is 11.6 Å². The number of nitrogens with zero attached hydrogens (tertiary/aromatic N) is 2. The molecule has 0 fully saturated rings. The predicted molar refractivity (Wildman–Crippen MR) is 82.3 cm³/mol. The third kappa shape index (κ3) is 3.15. The fraction of sp³-hybridized carbons (Fsp3) is 0. The first-order valence-electron chi connectivity index (χ1n) is 6.37. The molecule has 0 aliphatic carbocycles. The standard InChI is InChI=1S/C16H10ClFN2O2/c17-12-3-6-14(21)11(7-12)9-19-16-8-15(22-20-16)10-1-4-13(18)5-2-10/h1-9,21H. The third-order valence-electron chi connectivity index (χ3n) is 2.95. The summed E-state index contributed by atoms with van der Waals surface area (Å²) < 4.78 is 18.0. The second-order valence-corrected chi connectivity index (χ2v) is 4.95. The molecule has 0 unspecified atom stereocenters. The smallest absolute Gasteiger partial charge is 0.195 e. The maximum absolute atomic E-state index is 12.9. The Morgan fingerprint density at radius 2 is 1.91 bits per heavy atom. The summed E-state index contributed by atoms with van der Waals surface area (Å²) in [6.45, 7) is 0. The highest BCUT2D eigenvalue weighted by molar-refractivity contribution is 6.30. The van der Waals surface area contributed by atoms with Crippen LogP contribution in [0.2, 0.25) is 5.02 Å². The van der Waals surface area contributed by atoms with Crippen LogP contribution in [-0.4, -0.2) is 16.5 Å². The number of hydrogen-bond donors (Lipinski definition) is 1. The average molecular weight is 317 g/mol. The molecule has 0 radical (unpaired) electrons. The Balaban J connectivity index is 1.83. The van der Waals surface area contributed by atoms with Crippen LogP contribution < -0.4 is 0 Å². The molecule has 0 spiro atoms. The second-order valence-electron chi connectivity index (χ2n) is 4.52. The van der Waals surface area contributed by atoms with E-state index in [-0.39, 0.29) is 11.6 Å². The van der Waals surface area contributed by atoms with E-state index >= 15 is 0 Å². The van der Waals surface area contributed by atoms with E-state index in [1.165, 1.54) is 24.4 Å². The van der Waals surface area contributed by atoms with Gasteiger partial charge in [-0.1, -0.05) is 16.8 Å². The molecule has 1 N–H and O–H groups in total. The largest absolute Gasteiger partial charge is 0.507 e. The van der Waals surface area contributed by atoms with Crippen molar-refractivity contribution in [3.05, 3.63) is 64.9 Å². The normalized spacial score (nSPS) is 11.2. The summed E-state index contributed by atoms with van der Waals surface area (Å²) in [5.41, 5.74) is 1.17. The number of aliphatic imine (C=N–C) groups is 1. The highest BCUT2D eigenvalue weighted by Gasteiger charge is 2.06. The molecule has 0 atom stereocenters. The van der Waals surface area contributed by atoms with Crippen molar-refractivity contribution in [3.63, 3.8) is 0 Å². The van der Waals surface area contributed by atoms with Gasteiger partial charge in [-0.05, 0) is 42.5 Å². The summed E-state index contributed by atoms with van der Waals surface area (Å²) in [7, 11) is 0. The topological polar surface area (TPSA) is 58.6 Å². The van der Waals surface area contributed by atoms with E-state index < -0.39 is 0 Å². The van der Waals surface area contributed by atoms with Crippen LogP contribution >= 0.6 is 11.6 Å². The number of phenolic OH excluding ortho intramolecular Hbond substituents is 1. The molecule has 110 valence electrons. The van der Waals surface area contributed by atoms with Crippen LogP contribution in [0.25, 0.3) is 11.3 Å². The van der Waals surface area contributed by atoms with Gasteiger partial charge in [-0.2, -0.15) is 0 Å². The highest BCUT2D eigenvalue weighted by Crippen LogP contribution is 2.25. The van der Waals surface area contributed by atoms with Crippen molar-refractivity contribution in [2.75, 3.05) is 0 Å². The average Bonchev–Trinajstić information content (AvgIpc) is 2.98. The number of aromatic hydroxyl groups is 1. The fourth-order valence-electron chi connectivity index (χ4n) is 1.84. The molecular formula is C16H10ClFN2O2. The zero-order valence-electron chi connectivity index (χ0n) is 11.2. The molecule has 0 amide bonds. The molecular weight excluding hydrogens is 307 g/mol. The van der Waals surface area contributed by atoms with Crippen molar-refractivity contribution in [1.29, 1.82) is 0 Å². The summed E-state index contributed by atoms with van der Waals surface area (Å²) in [6, 6.07) is 12.1. The summed E-state index contributed by atoms with van der Waals surface area (Å²) in [5, 5.41) is 14.0. The highest BCUT2D eigenvalue weighted by atomic mass is 35.5. The molecule has 0 saturated carbocycles. The van der Waals surface area contributed by atoms with Crippen LogP contribution in [-0.2, 0) is 0 Å². The molecule has 22 heavy (non-hydrogen) atoms. The maximum atomic E-state index is 12.9. The monoisotopic (exact) mass is 316 g/mol. The number of hydrogen-bond acceptors (Lipinski definition) is 4. The summed E-state index contributed by atoms with van der Waals surface area (Å²) >= 11 is 5.86. The van der Waals surface area contributed by atoms with Gasteiger partial charge in [0.15, 0.2) is 11.6 Å². The van der Waals surface area contributed by atoms with Gasteiger partial charge in [0.25, 0.3) is 0 Å². The lowest BCUT2D eigenvalue weighted by Gasteiger charge is -1.97. The van der Waals surface area contributed by atoms with Crippen molar-refractivity contribution < 1.29 is 14.0 Å². The number of aromatic nitrogens is 1. The van der Waals surface area contributed by atoms with Gasteiger partial charge in [-0.3, -0.25) is 0 Å². The van der Waals surface area contributed by atoms with Crippen LogP contribution in [0.4, 0.5) is 10.2 Å². The second kappa shape index (κ2) is 5.99. The molecule has 6 heteroatoms. The van der Waals surface area contributed by atoms with E-state index in [2.05, 4.69) is 10.1 Å². The van der Waals surface area contributed by atoms with Gasteiger partial charge in [0.05, 0.1) is 0 Å². The van der Waals surface area contributed by atoms with Crippen LogP contribution in [0.15, 0.2) is 58.0 Å². The van der Waals surface area contributed by atoms with Gasteiger partial charge >= 0.3 is 0 Å². The molecule has 2 aromatic carbocycles. The number of rotatable bonds is 3. The summed E-state index contributed by atoms with van der Waals surface area (Å²) in [6.07, 6.45) is 1.44. The summed E-state index contributed by atoms with van der Waals surface area (Å²) in [4.78, 5) is 4.12. The van der Waals surface area contributed by atoms with Crippen molar-refractivity contribution in [1.82, 2.24) is 5.16 Å². The van der Waals surface area contributed by atoms with E-state index in [0.29, 0.717) is 27.7 Å². The van der Waals surface area contributed by atoms with Crippen molar-refractivity contribution in [3.8, 4) is 17.1 Å². The molecule has 0 bridgehead atoms. The third-order valence-corrected chi connectivity index (χ3v) is 3.19. The van der Waals surface area contributed by atoms with Crippen molar-refractivity contribution >= 4 is 23.6 Å². The van der Waals surface area contributed by atoms with E-state index in [9.17, 15) is 9.50 Å². The zero-order valence-corrected chi connectivity index (χ0v) is 12.0. The quantitative estimate of drug-likeness (QED) is 0.719. The Morgan fingerprint density at radius 1 is 1.14 bits per heavy atom. The van der Waals surface area contributed by atoms with E-state index in [0.717, 1.165) is 0 Å². The van der Waals surface area contributed by atoms with E-state index in [1.807, 2.05) is 0 Å². The molecule has 4 nitrogen and oxygen atoms in total. The summed E-state index contributed by atoms with van der Waals surface area (Å²) in [5.74, 6) is 0.550. The van der Waals surface area contributed by atoms with Crippen molar-refractivity contribution in [2.45, 2.75) is 0 Å². The minimum atomic E-state index is -0.321. The lowest BCUT2D eigenvalue weighted by Crippen LogP contribution is -1.81. The number of benzene rings is 2. The SMILES string of the molecule is Oc1ccc(Cl)cc1C=Nc1cc(-c2ccc(F)cc2)on1. The molecule has 3 aromatic rings. The van der Waals surface area contributed by atoms with Crippen molar-refractivity contribution in [2.24, 2.45) is 4.99 Å². The minimum Gasteiger partial charge on any atom is -0.507 e. The molecule has 0 saturated heterocycles.